The van der Waals surface area contributed by atoms with E-state index in [1.807, 2.05) is 42.5 Å². The molecule has 0 spiro atoms. The second kappa shape index (κ2) is 11.0. The van der Waals surface area contributed by atoms with Gasteiger partial charge in [0.05, 0.1) is 13.1 Å². The zero-order valence-electron chi connectivity index (χ0n) is 18.3. The number of benzene rings is 2. The summed E-state index contributed by atoms with van der Waals surface area (Å²) in [5, 5.41) is 11.1. The smallest absolute Gasteiger partial charge is 0.475 e. The number of alkyl halides is 3. The van der Waals surface area contributed by atoms with Gasteiger partial charge in [-0.05, 0) is 28.8 Å². The van der Waals surface area contributed by atoms with Crippen molar-refractivity contribution in [2.24, 2.45) is 5.73 Å². The number of aromatic nitrogens is 3. The molecule has 0 aliphatic carbocycles. The molecule has 2 aromatic carbocycles. The first-order chi connectivity index (χ1) is 17.0. The van der Waals surface area contributed by atoms with E-state index in [1.54, 1.807) is 0 Å². The predicted octanol–water partition coefficient (Wildman–Crippen LogP) is 3.23. The average Bonchev–Trinajstić information content (AvgIpc) is 3.43. The van der Waals surface area contributed by atoms with Gasteiger partial charge < -0.3 is 20.3 Å². The molecule has 9 nitrogen and oxygen atoms in total. The number of carboxylic acid groups (broad SMARTS) is 1. The zero-order valence-corrected chi connectivity index (χ0v) is 18.3. The summed E-state index contributed by atoms with van der Waals surface area (Å²) in [7, 11) is 0. The maximum Gasteiger partial charge on any atom is 0.490 e. The topological polar surface area (TPSA) is 122 Å². The minimum atomic E-state index is -5.08. The van der Waals surface area contributed by atoms with Gasteiger partial charge in [-0.15, -0.1) is 0 Å². The Morgan fingerprint density at radius 2 is 1.78 bits per heavy atom. The first-order valence-corrected chi connectivity index (χ1v) is 10.1. The molecule has 192 valence electrons. The summed E-state index contributed by atoms with van der Waals surface area (Å²) in [6.45, 7) is -0.250. The van der Waals surface area contributed by atoms with Crippen LogP contribution in [-0.2, 0) is 17.9 Å². The lowest BCUT2D eigenvalue weighted by Gasteiger charge is -2.10. The van der Waals surface area contributed by atoms with Crippen LogP contribution in [0.4, 0.5) is 22.0 Å². The summed E-state index contributed by atoms with van der Waals surface area (Å²) in [6, 6.07) is 13.3. The molecule has 14 heteroatoms. The summed E-state index contributed by atoms with van der Waals surface area (Å²) in [5.74, 6) is -1.41. The van der Waals surface area contributed by atoms with Crippen molar-refractivity contribution in [2.45, 2.75) is 19.3 Å². The van der Waals surface area contributed by atoms with E-state index in [1.165, 1.54) is 10.9 Å². The second-order valence-electron chi connectivity index (χ2n) is 7.30. The maximum atomic E-state index is 12.8. The van der Waals surface area contributed by atoms with Crippen molar-refractivity contribution in [2.75, 3.05) is 13.3 Å². The minimum absolute atomic E-state index is 0.188. The number of nitrogens with zero attached hydrogens (tertiary/aromatic N) is 3. The monoisotopic (exact) mass is 514 g/mol. The van der Waals surface area contributed by atoms with Gasteiger partial charge in [-0.25, -0.2) is 14.3 Å². The number of hydrogen-bond acceptors (Lipinski definition) is 6. The highest BCUT2D eigenvalue weighted by Gasteiger charge is 2.38. The highest BCUT2D eigenvalue weighted by molar-refractivity contribution is 5.73. The molecule has 1 aromatic heterocycles. The Morgan fingerprint density at radius 3 is 2.42 bits per heavy atom. The molecule has 0 fully saturated rings. The van der Waals surface area contributed by atoms with Crippen molar-refractivity contribution in [3.05, 3.63) is 76.5 Å². The molecule has 36 heavy (non-hydrogen) atoms. The molecule has 0 radical (unpaired) electrons. The van der Waals surface area contributed by atoms with Crippen molar-refractivity contribution < 1.29 is 41.3 Å². The number of ether oxygens (including phenoxy) is 2. The number of carbonyl (C=O) groups is 1. The fourth-order valence-corrected chi connectivity index (χ4v) is 3.16. The molecule has 0 bridgehead atoms. The molecule has 0 atom stereocenters. The summed E-state index contributed by atoms with van der Waals surface area (Å²) >= 11 is 0. The molecule has 0 amide bonds. The molecular weight excluding hydrogens is 495 g/mol. The van der Waals surface area contributed by atoms with E-state index >= 15 is 0 Å². The predicted molar refractivity (Wildman–Crippen MR) is 116 cm³/mol. The van der Waals surface area contributed by atoms with E-state index in [0.29, 0.717) is 11.5 Å². The minimum Gasteiger partial charge on any atom is -0.475 e. The van der Waals surface area contributed by atoms with Crippen LogP contribution in [0.5, 0.6) is 11.5 Å². The lowest BCUT2D eigenvalue weighted by Crippen LogP contribution is -2.27. The summed E-state index contributed by atoms with van der Waals surface area (Å²) in [6.07, 6.45) is -5.63. The van der Waals surface area contributed by atoms with Crippen molar-refractivity contribution in [3.63, 3.8) is 0 Å². The van der Waals surface area contributed by atoms with Crippen LogP contribution >= 0.6 is 0 Å². The van der Waals surface area contributed by atoms with Crippen molar-refractivity contribution >= 4 is 5.97 Å². The van der Waals surface area contributed by atoms with Gasteiger partial charge >= 0.3 is 17.8 Å². The van der Waals surface area contributed by atoms with Gasteiger partial charge in [0.2, 0.25) is 6.79 Å². The van der Waals surface area contributed by atoms with E-state index in [-0.39, 0.29) is 32.0 Å². The fourth-order valence-electron chi connectivity index (χ4n) is 3.16. The van der Waals surface area contributed by atoms with E-state index in [9.17, 15) is 26.7 Å². The lowest BCUT2D eigenvalue weighted by molar-refractivity contribution is -0.192. The van der Waals surface area contributed by atoms with Gasteiger partial charge in [-0.2, -0.15) is 27.1 Å². The standard InChI is InChI=1S/C20H18F2N4O3.C2HF3O2/c21-19(22)15(8-23)10-26-20(27)25(11-24-26)9-14-3-1-2-4-16(14)13-5-6-17-18(7-13)29-12-28-17;3-2(4,5)1(6)7/h1-7,11H,8-10,12,23H2;(H,6,7). The summed E-state index contributed by atoms with van der Waals surface area (Å²) in [4.78, 5) is 21.5. The maximum absolute atomic E-state index is 12.8. The number of carboxylic acids is 1. The molecular formula is C22H19F5N4O5. The van der Waals surface area contributed by atoms with Crippen LogP contribution < -0.4 is 20.9 Å². The Labute approximate surface area is 199 Å². The zero-order chi connectivity index (χ0) is 26.5. The first kappa shape index (κ1) is 26.4. The molecule has 3 N–H and O–H groups in total. The Balaban J connectivity index is 0.000000454. The third-order valence-electron chi connectivity index (χ3n) is 4.94. The van der Waals surface area contributed by atoms with Gasteiger partial charge in [0.25, 0.3) is 6.08 Å². The largest absolute Gasteiger partial charge is 0.490 e. The van der Waals surface area contributed by atoms with Crippen LogP contribution in [0.2, 0.25) is 0 Å². The highest BCUT2D eigenvalue weighted by atomic mass is 19.4. The van der Waals surface area contributed by atoms with E-state index in [0.717, 1.165) is 21.4 Å². The van der Waals surface area contributed by atoms with Crippen molar-refractivity contribution in [1.29, 1.82) is 0 Å². The van der Waals surface area contributed by atoms with Crippen molar-refractivity contribution in [3.8, 4) is 22.6 Å². The SMILES string of the molecule is NCC(Cn1ncn(Cc2ccccc2-c2ccc3c(c2)OCO3)c1=O)=C(F)F.O=C(O)C(F)(F)F. The van der Waals surface area contributed by atoms with Crippen LogP contribution in [0.25, 0.3) is 11.1 Å². The molecule has 1 aliphatic heterocycles. The number of rotatable bonds is 6. The van der Waals surface area contributed by atoms with E-state index < -0.39 is 23.9 Å². The molecule has 0 unspecified atom stereocenters. The molecule has 2 heterocycles. The Kier molecular flexibility index (Phi) is 8.09. The summed E-state index contributed by atoms with van der Waals surface area (Å²) in [5.41, 5.74) is 7.22. The van der Waals surface area contributed by atoms with Gasteiger partial charge in [0, 0.05) is 12.1 Å². The van der Waals surface area contributed by atoms with Gasteiger partial charge in [0.1, 0.15) is 6.33 Å². The third kappa shape index (κ3) is 6.27. The lowest BCUT2D eigenvalue weighted by atomic mass is 9.99. The number of nitrogens with two attached hydrogens (primary N) is 1. The van der Waals surface area contributed by atoms with Gasteiger partial charge in [0.15, 0.2) is 11.5 Å². The van der Waals surface area contributed by atoms with Gasteiger partial charge in [-0.3, -0.25) is 4.57 Å². The fraction of sp³-hybridized carbons (Fsp3) is 0.227. The number of fused-ring (bicyclic) bond motifs is 1. The van der Waals surface area contributed by atoms with Crippen LogP contribution in [0, 0.1) is 0 Å². The normalized spacial score (nSPS) is 12.1. The Morgan fingerprint density at radius 1 is 1.11 bits per heavy atom. The Bertz CT molecular complexity index is 1330. The quantitative estimate of drug-likeness (QED) is 0.485. The van der Waals surface area contributed by atoms with Gasteiger partial charge in [-0.1, -0.05) is 30.3 Å². The molecule has 0 saturated carbocycles. The van der Waals surface area contributed by atoms with E-state index in [4.69, 9.17) is 25.1 Å². The Hall–Kier alpha value is -4.20. The van der Waals surface area contributed by atoms with Crippen LogP contribution in [0.1, 0.15) is 5.56 Å². The number of aliphatic carboxylic acids is 1. The third-order valence-corrected chi connectivity index (χ3v) is 4.94. The first-order valence-electron chi connectivity index (χ1n) is 10.1. The average molecular weight is 514 g/mol. The van der Waals surface area contributed by atoms with Crippen LogP contribution in [-0.4, -0.2) is 44.9 Å². The van der Waals surface area contributed by atoms with Crippen LogP contribution in [0.3, 0.4) is 0 Å². The van der Waals surface area contributed by atoms with E-state index in [2.05, 4.69) is 5.10 Å². The van der Waals surface area contributed by atoms with Crippen molar-refractivity contribution in [1.82, 2.24) is 14.3 Å². The van der Waals surface area contributed by atoms with Crippen LogP contribution in [0.15, 0.2) is 65.2 Å². The highest BCUT2D eigenvalue weighted by Crippen LogP contribution is 2.36. The summed E-state index contributed by atoms with van der Waals surface area (Å²) < 4.78 is 70.5. The molecule has 3 aromatic rings. The second-order valence-corrected chi connectivity index (χ2v) is 7.30. The molecule has 4 rings (SSSR count). The number of halogens is 5. The number of hydrogen-bond donors (Lipinski definition) is 2. The molecule has 0 saturated heterocycles. The molecule has 1 aliphatic rings.